The highest BCUT2D eigenvalue weighted by molar-refractivity contribution is 7.87. The Balaban J connectivity index is 1.47. The summed E-state index contributed by atoms with van der Waals surface area (Å²) in [5, 5.41) is 10.4. The highest BCUT2D eigenvalue weighted by atomic mass is 32.2. The minimum absolute atomic E-state index is 0.380. The smallest absolute Gasteiger partial charge is 0.274 e. The van der Waals surface area contributed by atoms with Crippen molar-refractivity contribution < 1.29 is 8.42 Å². The van der Waals surface area contributed by atoms with Gasteiger partial charge in [-0.1, -0.05) is 18.2 Å². The van der Waals surface area contributed by atoms with E-state index in [1.54, 1.807) is 6.33 Å². The van der Waals surface area contributed by atoms with Crippen LogP contribution in [0.1, 0.15) is 19.3 Å². The number of hydrogen-bond acceptors (Lipinski definition) is 6. The van der Waals surface area contributed by atoms with Gasteiger partial charge in [0.25, 0.3) is 10.2 Å². The monoisotopic (exact) mass is 401 g/mol. The van der Waals surface area contributed by atoms with E-state index in [1.165, 1.54) is 0 Å². The van der Waals surface area contributed by atoms with Crippen molar-refractivity contribution >= 4 is 27.1 Å². The largest absolute Gasteiger partial charge is 0.356 e. The molecule has 9 nitrogen and oxygen atoms in total. The van der Waals surface area contributed by atoms with Gasteiger partial charge in [-0.2, -0.15) is 13.5 Å². The van der Waals surface area contributed by atoms with Gasteiger partial charge in [0.1, 0.15) is 12.1 Å². The number of benzene rings is 1. The molecule has 1 aliphatic heterocycles. The average Bonchev–Trinajstić information content (AvgIpc) is 3.12. The lowest BCUT2D eigenvalue weighted by atomic mass is 9.93. The fourth-order valence-electron chi connectivity index (χ4n) is 3.68. The zero-order valence-corrected chi connectivity index (χ0v) is 16.2. The van der Waals surface area contributed by atoms with Gasteiger partial charge in [-0.25, -0.2) is 24.5 Å². The molecule has 28 heavy (non-hydrogen) atoms. The average molecular weight is 401 g/mol. The van der Waals surface area contributed by atoms with Crippen molar-refractivity contribution in [2.45, 2.75) is 19.3 Å². The number of rotatable bonds is 6. The zero-order chi connectivity index (χ0) is 19.6. The lowest BCUT2D eigenvalue weighted by Gasteiger charge is -2.33. The van der Waals surface area contributed by atoms with E-state index in [0.29, 0.717) is 12.5 Å². The summed E-state index contributed by atoms with van der Waals surface area (Å²) in [6, 6.07) is 9.91. The summed E-state index contributed by atoms with van der Waals surface area (Å²) in [6.07, 6.45) is 6.14. The number of fused-ring (bicyclic) bond motifs is 1. The Morgan fingerprint density at radius 1 is 1.14 bits per heavy atom. The molecule has 2 aromatic heterocycles. The second-order valence-corrected chi connectivity index (χ2v) is 8.36. The van der Waals surface area contributed by atoms with Crippen LogP contribution in [0, 0.1) is 5.92 Å². The summed E-state index contributed by atoms with van der Waals surface area (Å²) in [5.41, 5.74) is 1.75. The summed E-state index contributed by atoms with van der Waals surface area (Å²) >= 11 is 0. The predicted molar refractivity (Wildman–Crippen MR) is 107 cm³/mol. The molecule has 4 rings (SSSR count). The van der Waals surface area contributed by atoms with Crippen molar-refractivity contribution in [2.75, 3.05) is 24.5 Å². The molecular formula is C18H23N7O2S. The van der Waals surface area contributed by atoms with Crippen LogP contribution in [-0.2, 0) is 10.2 Å². The van der Waals surface area contributed by atoms with Gasteiger partial charge in [0, 0.05) is 19.6 Å². The molecule has 3 aromatic rings. The van der Waals surface area contributed by atoms with Gasteiger partial charge in [-0.3, -0.25) is 0 Å². The van der Waals surface area contributed by atoms with Gasteiger partial charge in [0.2, 0.25) is 0 Å². The van der Waals surface area contributed by atoms with E-state index < -0.39 is 10.2 Å². The molecular weight excluding hydrogens is 378 g/mol. The molecule has 0 saturated carbocycles. The molecule has 1 aromatic carbocycles. The standard InChI is InChI=1S/C18H23N7O2S/c19-28(26,27)23-9-6-14-7-10-24(11-8-14)17-16-12-22-25(18(16)21-13-20-17)15-4-2-1-3-5-15/h1-5,12-14,23H,6-11H2,(H2,19,26,27). The fourth-order valence-corrected chi connectivity index (χ4v) is 4.08. The first-order chi connectivity index (χ1) is 13.5. The van der Waals surface area contributed by atoms with Crippen LogP contribution in [0.15, 0.2) is 42.9 Å². The fraction of sp³-hybridized carbons (Fsp3) is 0.389. The van der Waals surface area contributed by atoms with Gasteiger partial charge < -0.3 is 4.90 Å². The summed E-state index contributed by atoms with van der Waals surface area (Å²) in [6.45, 7) is 2.11. The molecule has 0 amide bonds. The number of nitrogens with two attached hydrogens (primary N) is 1. The van der Waals surface area contributed by atoms with Crippen LogP contribution in [0.5, 0.6) is 0 Å². The summed E-state index contributed by atoms with van der Waals surface area (Å²) < 4.78 is 26.1. The van der Waals surface area contributed by atoms with Crippen molar-refractivity contribution in [1.82, 2.24) is 24.5 Å². The maximum Gasteiger partial charge on any atom is 0.274 e. The SMILES string of the molecule is NS(=O)(=O)NCCC1CCN(c2ncnc3c2cnn3-c2ccccc2)CC1. The van der Waals surface area contributed by atoms with E-state index in [-0.39, 0.29) is 0 Å². The van der Waals surface area contributed by atoms with E-state index >= 15 is 0 Å². The van der Waals surface area contributed by atoms with Crippen molar-refractivity contribution in [1.29, 1.82) is 0 Å². The van der Waals surface area contributed by atoms with E-state index in [2.05, 4.69) is 24.7 Å². The van der Waals surface area contributed by atoms with Crippen molar-refractivity contribution in [3.63, 3.8) is 0 Å². The molecule has 148 valence electrons. The molecule has 0 aliphatic carbocycles. The summed E-state index contributed by atoms with van der Waals surface area (Å²) in [5.74, 6) is 1.36. The van der Waals surface area contributed by atoms with Crippen LogP contribution in [0.2, 0.25) is 0 Å². The van der Waals surface area contributed by atoms with Gasteiger partial charge in [0.05, 0.1) is 17.3 Å². The van der Waals surface area contributed by atoms with Crippen LogP contribution < -0.4 is 14.8 Å². The van der Waals surface area contributed by atoms with Crippen LogP contribution in [0.3, 0.4) is 0 Å². The first-order valence-corrected chi connectivity index (χ1v) is 10.8. The van der Waals surface area contributed by atoms with Gasteiger partial charge in [-0.05, 0) is 37.3 Å². The Morgan fingerprint density at radius 3 is 2.61 bits per heavy atom. The number of aromatic nitrogens is 4. The Labute approximate surface area is 163 Å². The normalized spacial score (nSPS) is 16.0. The van der Waals surface area contributed by atoms with Gasteiger partial charge in [-0.15, -0.1) is 0 Å². The third kappa shape index (κ3) is 4.13. The summed E-state index contributed by atoms with van der Waals surface area (Å²) in [7, 11) is -3.61. The second kappa shape index (κ2) is 7.82. The van der Waals surface area contributed by atoms with Crippen molar-refractivity contribution in [3.05, 3.63) is 42.9 Å². The molecule has 1 fully saturated rings. The number of piperidine rings is 1. The number of para-hydroxylation sites is 1. The van der Waals surface area contributed by atoms with Gasteiger partial charge in [0.15, 0.2) is 5.65 Å². The molecule has 1 saturated heterocycles. The summed E-state index contributed by atoms with van der Waals surface area (Å²) in [4.78, 5) is 11.2. The van der Waals surface area contributed by atoms with Crippen LogP contribution in [0.25, 0.3) is 16.7 Å². The molecule has 0 bridgehead atoms. The maximum atomic E-state index is 11.0. The highest BCUT2D eigenvalue weighted by Gasteiger charge is 2.23. The van der Waals surface area contributed by atoms with E-state index in [1.807, 2.05) is 41.2 Å². The molecule has 0 spiro atoms. The third-order valence-electron chi connectivity index (χ3n) is 5.12. The molecule has 0 radical (unpaired) electrons. The molecule has 3 N–H and O–H groups in total. The lowest BCUT2D eigenvalue weighted by molar-refractivity contribution is 0.381. The Hall–Kier alpha value is -2.56. The first-order valence-electron chi connectivity index (χ1n) is 9.28. The van der Waals surface area contributed by atoms with E-state index in [9.17, 15) is 8.42 Å². The zero-order valence-electron chi connectivity index (χ0n) is 15.4. The number of nitrogens with zero attached hydrogens (tertiary/aromatic N) is 5. The lowest BCUT2D eigenvalue weighted by Crippen LogP contribution is -2.37. The van der Waals surface area contributed by atoms with Crippen LogP contribution >= 0.6 is 0 Å². The van der Waals surface area contributed by atoms with Crippen molar-refractivity contribution in [3.8, 4) is 5.69 Å². The topological polar surface area (TPSA) is 119 Å². The molecule has 1 aliphatic rings. The minimum Gasteiger partial charge on any atom is -0.356 e. The van der Waals surface area contributed by atoms with Crippen LogP contribution in [0.4, 0.5) is 5.82 Å². The molecule has 10 heteroatoms. The maximum absolute atomic E-state index is 11.0. The predicted octanol–water partition coefficient (Wildman–Crippen LogP) is 1.22. The first kappa shape index (κ1) is 18.8. The second-order valence-electron chi connectivity index (χ2n) is 6.98. The minimum atomic E-state index is -3.61. The third-order valence-corrected chi connectivity index (χ3v) is 5.72. The number of hydrogen-bond donors (Lipinski definition) is 2. The van der Waals surface area contributed by atoms with E-state index in [0.717, 1.165) is 54.9 Å². The quantitative estimate of drug-likeness (QED) is 0.641. The molecule has 0 atom stereocenters. The van der Waals surface area contributed by atoms with Gasteiger partial charge >= 0.3 is 0 Å². The molecule has 3 heterocycles. The van der Waals surface area contributed by atoms with E-state index in [4.69, 9.17) is 5.14 Å². The Bertz CT molecular complexity index is 1040. The Kier molecular flexibility index (Phi) is 5.25. The molecule has 0 unspecified atom stereocenters. The van der Waals surface area contributed by atoms with Crippen LogP contribution in [-0.4, -0.2) is 47.8 Å². The Morgan fingerprint density at radius 2 is 1.89 bits per heavy atom. The van der Waals surface area contributed by atoms with Crippen molar-refractivity contribution in [2.24, 2.45) is 11.1 Å². The number of anilines is 1. The number of nitrogens with one attached hydrogen (secondary N) is 1. The highest BCUT2D eigenvalue weighted by Crippen LogP contribution is 2.29.